The fourth-order valence-electron chi connectivity index (χ4n) is 3.50. The Balaban J connectivity index is 1.59. The molecule has 0 spiro atoms. The summed E-state index contributed by atoms with van der Waals surface area (Å²) in [7, 11) is -3.02. The van der Waals surface area contributed by atoms with Crippen LogP contribution in [-0.2, 0) is 9.84 Å². The third-order valence-electron chi connectivity index (χ3n) is 4.98. The third-order valence-corrected chi connectivity index (χ3v) is 6.73. The lowest BCUT2D eigenvalue weighted by atomic mass is 10.2. The van der Waals surface area contributed by atoms with Gasteiger partial charge in [-0.15, -0.1) is 0 Å². The highest BCUT2D eigenvalue weighted by atomic mass is 32.2. The lowest BCUT2D eigenvalue weighted by Crippen LogP contribution is -2.17. The molecule has 2 fully saturated rings. The predicted octanol–water partition coefficient (Wildman–Crippen LogP) is 2.77. The second-order valence-electron chi connectivity index (χ2n) is 7.11. The van der Waals surface area contributed by atoms with E-state index >= 15 is 0 Å². The Morgan fingerprint density at radius 1 is 1.30 bits per heavy atom. The maximum absolute atomic E-state index is 12.8. The van der Waals surface area contributed by atoms with Crippen molar-refractivity contribution in [2.75, 3.05) is 23.4 Å². The van der Waals surface area contributed by atoms with Crippen LogP contribution in [0.2, 0.25) is 0 Å². The quantitative estimate of drug-likeness (QED) is 0.820. The molecule has 1 aliphatic heterocycles. The van der Waals surface area contributed by atoms with Crippen molar-refractivity contribution in [2.45, 2.75) is 38.1 Å². The van der Waals surface area contributed by atoms with Gasteiger partial charge in [-0.1, -0.05) is 12.1 Å². The van der Waals surface area contributed by atoms with Gasteiger partial charge in [0.2, 0.25) is 0 Å². The third kappa shape index (κ3) is 3.85. The molecule has 1 aromatic heterocycles. The number of sulfone groups is 1. The number of benzene rings is 1. The first kappa shape index (κ1) is 18.0. The van der Waals surface area contributed by atoms with E-state index in [0.717, 1.165) is 18.5 Å². The van der Waals surface area contributed by atoms with E-state index in [0.29, 0.717) is 36.1 Å². The van der Waals surface area contributed by atoms with Crippen molar-refractivity contribution in [3.05, 3.63) is 41.7 Å². The minimum absolute atomic E-state index is 0.0998. The number of nitrogens with one attached hydrogen (secondary N) is 1. The molecular formula is C19H23N3O4S. The van der Waals surface area contributed by atoms with Crippen molar-refractivity contribution in [1.82, 2.24) is 9.78 Å². The van der Waals surface area contributed by atoms with Crippen molar-refractivity contribution >= 4 is 21.4 Å². The van der Waals surface area contributed by atoms with Crippen LogP contribution in [0.3, 0.4) is 0 Å². The van der Waals surface area contributed by atoms with Gasteiger partial charge in [-0.2, -0.15) is 5.10 Å². The highest BCUT2D eigenvalue weighted by Gasteiger charge is 2.36. The Morgan fingerprint density at radius 3 is 2.74 bits per heavy atom. The van der Waals surface area contributed by atoms with Crippen molar-refractivity contribution in [1.29, 1.82) is 0 Å². The minimum Gasteiger partial charge on any atom is -0.492 e. The van der Waals surface area contributed by atoms with E-state index in [-0.39, 0.29) is 23.5 Å². The molecule has 27 heavy (non-hydrogen) atoms. The van der Waals surface area contributed by atoms with E-state index in [4.69, 9.17) is 4.74 Å². The number of carbonyl (C=O) groups is 1. The number of rotatable bonds is 6. The standard InChI is InChI=1S/C19H23N3O4S/c1-2-26-18-6-4-3-5-15(18)20-19(23)16-11-17(13-7-8-13)22(21-16)14-9-10-27(24,25)12-14/h3-6,11,13-14H,2,7-10,12H2,1H3,(H,20,23). The van der Waals surface area contributed by atoms with Gasteiger partial charge in [0, 0.05) is 11.6 Å². The van der Waals surface area contributed by atoms with Crippen molar-refractivity contribution in [2.24, 2.45) is 0 Å². The molecule has 2 aliphatic rings. The highest BCUT2D eigenvalue weighted by Crippen LogP contribution is 2.42. The monoisotopic (exact) mass is 389 g/mol. The number of amides is 1. The Labute approximate surface area is 158 Å². The molecule has 144 valence electrons. The zero-order chi connectivity index (χ0) is 19.0. The second-order valence-corrected chi connectivity index (χ2v) is 9.34. The molecule has 1 saturated heterocycles. The topological polar surface area (TPSA) is 90.3 Å². The predicted molar refractivity (Wildman–Crippen MR) is 102 cm³/mol. The number of hydrogen-bond donors (Lipinski definition) is 1. The smallest absolute Gasteiger partial charge is 0.276 e. The number of para-hydroxylation sites is 2. The summed E-state index contributed by atoms with van der Waals surface area (Å²) in [6.07, 6.45) is 2.66. The van der Waals surface area contributed by atoms with Crippen LogP contribution in [0.5, 0.6) is 5.75 Å². The van der Waals surface area contributed by atoms with Gasteiger partial charge in [0.15, 0.2) is 15.5 Å². The highest BCUT2D eigenvalue weighted by molar-refractivity contribution is 7.91. The molecule has 1 amide bonds. The molecule has 8 heteroatoms. The summed E-state index contributed by atoms with van der Waals surface area (Å²) in [6, 6.07) is 8.89. The zero-order valence-electron chi connectivity index (χ0n) is 15.2. The molecule has 1 unspecified atom stereocenters. The van der Waals surface area contributed by atoms with Crippen LogP contribution < -0.4 is 10.1 Å². The van der Waals surface area contributed by atoms with Crippen molar-refractivity contribution in [3.8, 4) is 5.75 Å². The van der Waals surface area contributed by atoms with Crippen LogP contribution in [0.25, 0.3) is 0 Å². The van der Waals surface area contributed by atoms with E-state index in [1.807, 2.05) is 19.1 Å². The van der Waals surface area contributed by atoms with Crippen LogP contribution in [0.1, 0.15) is 54.3 Å². The molecule has 0 bridgehead atoms. The Kier molecular flexibility index (Phi) is 4.67. The van der Waals surface area contributed by atoms with E-state index in [1.54, 1.807) is 22.9 Å². The molecule has 1 aromatic carbocycles. The fourth-order valence-corrected chi connectivity index (χ4v) is 5.19. The van der Waals surface area contributed by atoms with Gasteiger partial charge in [-0.3, -0.25) is 9.48 Å². The minimum atomic E-state index is -3.02. The van der Waals surface area contributed by atoms with Crippen LogP contribution >= 0.6 is 0 Å². The van der Waals surface area contributed by atoms with Crippen LogP contribution in [0, 0.1) is 0 Å². The van der Waals surface area contributed by atoms with Gasteiger partial charge in [0.25, 0.3) is 5.91 Å². The molecule has 4 rings (SSSR count). The summed E-state index contributed by atoms with van der Waals surface area (Å²) in [5.74, 6) is 0.951. The van der Waals surface area contributed by atoms with Gasteiger partial charge in [-0.05, 0) is 44.4 Å². The van der Waals surface area contributed by atoms with Gasteiger partial charge >= 0.3 is 0 Å². The molecule has 1 saturated carbocycles. The number of hydrogen-bond acceptors (Lipinski definition) is 5. The second kappa shape index (κ2) is 6.99. The number of ether oxygens (including phenoxy) is 1. The van der Waals surface area contributed by atoms with Gasteiger partial charge in [0.1, 0.15) is 5.75 Å². The Bertz CT molecular complexity index is 963. The van der Waals surface area contributed by atoms with Crippen molar-refractivity contribution in [3.63, 3.8) is 0 Å². The summed E-state index contributed by atoms with van der Waals surface area (Å²) >= 11 is 0. The Hall–Kier alpha value is -2.35. The van der Waals surface area contributed by atoms with E-state index in [1.165, 1.54) is 0 Å². The summed E-state index contributed by atoms with van der Waals surface area (Å²) in [6.45, 7) is 2.39. The summed E-state index contributed by atoms with van der Waals surface area (Å²) < 4.78 is 31.0. The number of nitrogens with zero attached hydrogens (tertiary/aromatic N) is 2. The fraction of sp³-hybridized carbons (Fsp3) is 0.474. The number of carbonyl (C=O) groups excluding carboxylic acids is 1. The first-order chi connectivity index (χ1) is 13.0. The zero-order valence-corrected chi connectivity index (χ0v) is 16.0. The van der Waals surface area contributed by atoms with Crippen LogP contribution in [0.15, 0.2) is 30.3 Å². The van der Waals surface area contributed by atoms with Crippen molar-refractivity contribution < 1.29 is 17.9 Å². The molecular weight excluding hydrogens is 366 g/mol. The molecule has 2 aromatic rings. The molecule has 0 radical (unpaired) electrons. The SMILES string of the molecule is CCOc1ccccc1NC(=O)c1cc(C2CC2)n(C2CCS(=O)(=O)C2)n1. The molecule has 1 atom stereocenters. The van der Waals surface area contributed by atoms with Crippen LogP contribution in [0.4, 0.5) is 5.69 Å². The lowest BCUT2D eigenvalue weighted by Gasteiger charge is -2.12. The average molecular weight is 389 g/mol. The summed E-state index contributed by atoms with van der Waals surface area (Å²) in [5.41, 5.74) is 1.88. The molecule has 1 N–H and O–H groups in total. The number of anilines is 1. The maximum Gasteiger partial charge on any atom is 0.276 e. The molecule has 2 heterocycles. The van der Waals surface area contributed by atoms with Gasteiger partial charge in [-0.25, -0.2) is 8.42 Å². The van der Waals surface area contributed by atoms with Crippen LogP contribution in [-0.4, -0.2) is 42.2 Å². The largest absolute Gasteiger partial charge is 0.492 e. The maximum atomic E-state index is 12.8. The number of aromatic nitrogens is 2. The van der Waals surface area contributed by atoms with E-state index < -0.39 is 9.84 Å². The normalized spacial score (nSPS) is 21.1. The first-order valence-electron chi connectivity index (χ1n) is 9.30. The van der Waals surface area contributed by atoms with E-state index in [9.17, 15) is 13.2 Å². The van der Waals surface area contributed by atoms with Gasteiger partial charge < -0.3 is 10.1 Å². The molecule has 7 nitrogen and oxygen atoms in total. The summed E-state index contributed by atoms with van der Waals surface area (Å²) in [4.78, 5) is 12.8. The average Bonchev–Trinajstić information content (AvgIpc) is 3.28. The Morgan fingerprint density at radius 2 is 2.07 bits per heavy atom. The lowest BCUT2D eigenvalue weighted by molar-refractivity contribution is 0.102. The van der Waals surface area contributed by atoms with Gasteiger partial charge in [0.05, 0.1) is 29.8 Å². The summed E-state index contributed by atoms with van der Waals surface area (Å²) in [5, 5.41) is 7.35. The molecule has 1 aliphatic carbocycles. The van der Waals surface area contributed by atoms with E-state index in [2.05, 4.69) is 10.4 Å². The first-order valence-corrected chi connectivity index (χ1v) is 11.1.